The number of thiophene rings is 1. The van der Waals surface area contributed by atoms with E-state index in [-0.39, 0.29) is 5.97 Å². The van der Waals surface area contributed by atoms with Gasteiger partial charge in [-0.15, -0.1) is 11.3 Å². The summed E-state index contributed by atoms with van der Waals surface area (Å²) in [6.45, 7) is 2.55. The molecule has 3 aromatic rings. The van der Waals surface area contributed by atoms with Gasteiger partial charge in [0, 0.05) is 14.6 Å². The number of hydrogen-bond acceptors (Lipinski definition) is 4. The van der Waals surface area contributed by atoms with Crippen LogP contribution in [-0.4, -0.2) is 12.6 Å². The first-order valence-electron chi connectivity index (χ1n) is 7.25. The van der Waals surface area contributed by atoms with Crippen LogP contribution in [0.5, 0.6) is 5.75 Å². The number of rotatable bonds is 5. The SMILES string of the molecule is CCOC(=O)c1sc2ccccc2c1OCc1ccc(Br)cc1. The van der Waals surface area contributed by atoms with Crippen molar-refractivity contribution in [3.63, 3.8) is 0 Å². The third kappa shape index (κ3) is 3.57. The van der Waals surface area contributed by atoms with E-state index in [0.29, 0.717) is 23.8 Å². The first-order chi connectivity index (χ1) is 11.2. The Morgan fingerprint density at radius 2 is 1.87 bits per heavy atom. The maximum absolute atomic E-state index is 12.2. The van der Waals surface area contributed by atoms with Crippen molar-refractivity contribution in [1.29, 1.82) is 0 Å². The van der Waals surface area contributed by atoms with Crippen molar-refractivity contribution in [2.45, 2.75) is 13.5 Å². The summed E-state index contributed by atoms with van der Waals surface area (Å²) >= 11 is 4.82. The summed E-state index contributed by atoms with van der Waals surface area (Å²) in [6, 6.07) is 15.8. The summed E-state index contributed by atoms with van der Waals surface area (Å²) in [7, 11) is 0. The Morgan fingerprint density at radius 3 is 2.61 bits per heavy atom. The average Bonchev–Trinajstić information content (AvgIpc) is 2.93. The van der Waals surface area contributed by atoms with Gasteiger partial charge in [0.05, 0.1) is 6.61 Å². The predicted molar refractivity (Wildman–Crippen MR) is 96.3 cm³/mol. The van der Waals surface area contributed by atoms with Crippen molar-refractivity contribution in [2.75, 3.05) is 6.61 Å². The molecule has 3 rings (SSSR count). The van der Waals surface area contributed by atoms with Crippen molar-refractivity contribution >= 4 is 43.3 Å². The van der Waals surface area contributed by atoms with E-state index < -0.39 is 0 Å². The van der Waals surface area contributed by atoms with Gasteiger partial charge in [-0.25, -0.2) is 4.79 Å². The molecule has 0 saturated heterocycles. The number of hydrogen-bond donors (Lipinski definition) is 0. The van der Waals surface area contributed by atoms with Crippen LogP contribution in [0.4, 0.5) is 0 Å². The van der Waals surface area contributed by atoms with Crippen LogP contribution in [0.15, 0.2) is 53.0 Å². The molecule has 0 fully saturated rings. The van der Waals surface area contributed by atoms with Gasteiger partial charge in [-0.05, 0) is 36.8 Å². The molecule has 3 nitrogen and oxygen atoms in total. The highest BCUT2D eigenvalue weighted by atomic mass is 79.9. The molecular weight excluding hydrogens is 376 g/mol. The minimum absolute atomic E-state index is 0.334. The lowest BCUT2D eigenvalue weighted by molar-refractivity contribution is 0.0527. The molecule has 2 aromatic carbocycles. The average molecular weight is 391 g/mol. The quantitative estimate of drug-likeness (QED) is 0.545. The van der Waals surface area contributed by atoms with Gasteiger partial charge in [0.1, 0.15) is 6.61 Å². The van der Waals surface area contributed by atoms with Crippen LogP contribution in [-0.2, 0) is 11.3 Å². The van der Waals surface area contributed by atoms with Crippen LogP contribution < -0.4 is 4.74 Å². The monoisotopic (exact) mass is 390 g/mol. The fourth-order valence-corrected chi connectivity index (χ4v) is 3.54. The predicted octanol–water partition coefficient (Wildman–Crippen LogP) is 5.42. The maximum Gasteiger partial charge on any atom is 0.352 e. The zero-order valence-electron chi connectivity index (χ0n) is 12.5. The van der Waals surface area contributed by atoms with Gasteiger partial charge in [0.15, 0.2) is 10.6 Å². The van der Waals surface area contributed by atoms with Crippen LogP contribution in [0.1, 0.15) is 22.2 Å². The topological polar surface area (TPSA) is 35.5 Å². The number of esters is 1. The minimum Gasteiger partial charge on any atom is -0.486 e. The zero-order valence-corrected chi connectivity index (χ0v) is 14.9. The molecule has 1 heterocycles. The molecule has 1 aromatic heterocycles. The first-order valence-corrected chi connectivity index (χ1v) is 8.86. The molecule has 0 saturated carbocycles. The van der Waals surface area contributed by atoms with Crippen LogP contribution in [0.2, 0.25) is 0 Å². The summed E-state index contributed by atoms with van der Waals surface area (Å²) in [6.07, 6.45) is 0. The summed E-state index contributed by atoms with van der Waals surface area (Å²) in [5.41, 5.74) is 1.04. The standard InChI is InChI=1S/C18H15BrO3S/c1-2-21-18(20)17-16(14-5-3-4-6-15(14)23-17)22-11-12-7-9-13(19)10-8-12/h3-10H,2,11H2,1H3. The van der Waals surface area contributed by atoms with E-state index in [0.717, 1.165) is 20.1 Å². The second-order valence-corrected chi connectivity index (χ2v) is 6.86. The Hall–Kier alpha value is -1.85. The molecule has 0 aliphatic rings. The molecule has 118 valence electrons. The lowest BCUT2D eigenvalue weighted by Gasteiger charge is -2.08. The number of ether oxygens (including phenoxy) is 2. The summed E-state index contributed by atoms with van der Waals surface area (Å²) in [5, 5.41) is 0.942. The van der Waals surface area contributed by atoms with Gasteiger partial charge in [0.25, 0.3) is 0 Å². The normalized spacial score (nSPS) is 10.7. The molecule has 0 aliphatic carbocycles. The third-order valence-corrected chi connectivity index (χ3v) is 4.97. The van der Waals surface area contributed by atoms with E-state index in [4.69, 9.17) is 9.47 Å². The van der Waals surface area contributed by atoms with Crippen LogP contribution in [0, 0.1) is 0 Å². The maximum atomic E-state index is 12.2. The highest BCUT2D eigenvalue weighted by Gasteiger charge is 2.20. The summed E-state index contributed by atoms with van der Waals surface area (Å²) < 4.78 is 13.2. The van der Waals surface area contributed by atoms with Crippen molar-refractivity contribution in [1.82, 2.24) is 0 Å². The highest BCUT2D eigenvalue weighted by Crippen LogP contribution is 2.38. The van der Waals surface area contributed by atoms with Crippen LogP contribution in [0.25, 0.3) is 10.1 Å². The van der Waals surface area contributed by atoms with E-state index in [1.807, 2.05) is 48.5 Å². The Kier molecular flexibility index (Phi) is 4.98. The van der Waals surface area contributed by atoms with E-state index in [9.17, 15) is 4.79 Å². The Balaban J connectivity index is 1.92. The zero-order chi connectivity index (χ0) is 16.2. The first kappa shape index (κ1) is 16.0. The molecule has 0 amide bonds. The number of fused-ring (bicyclic) bond motifs is 1. The smallest absolute Gasteiger partial charge is 0.352 e. The molecule has 0 unspecified atom stereocenters. The number of carbonyl (C=O) groups excluding carboxylic acids is 1. The largest absolute Gasteiger partial charge is 0.486 e. The molecule has 0 bridgehead atoms. The van der Waals surface area contributed by atoms with Crippen molar-refractivity contribution in [2.24, 2.45) is 0 Å². The Bertz CT molecular complexity index is 824. The number of carbonyl (C=O) groups is 1. The van der Waals surface area contributed by atoms with Crippen molar-refractivity contribution < 1.29 is 14.3 Å². The van der Waals surface area contributed by atoms with E-state index in [1.165, 1.54) is 11.3 Å². The van der Waals surface area contributed by atoms with Gasteiger partial charge in [-0.1, -0.05) is 40.2 Å². The van der Waals surface area contributed by atoms with E-state index in [2.05, 4.69) is 15.9 Å². The van der Waals surface area contributed by atoms with Gasteiger partial charge in [-0.3, -0.25) is 0 Å². The number of benzene rings is 2. The second kappa shape index (κ2) is 7.15. The molecule has 0 N–H and O–H groups in total. The van der Waals surface area contributed by atoms with Gasteiger partial charge < -0.3 is 9.47 Å². The van der Waals surface area contributed by atoms with Gasteiger partial charge in [0.2, 0.25) is 0 Å². The van der Waals surface area contributed by atoms with E-state index in [1.54, 1.807) is 6.92 Å². The molecule has 0 spiro atoms. The lowest BCUT2D eigenvalue weighted by Crippen LogP contribution is -2.05. The summed E-state index contributed by atoms with van der Waals surface area (Å²) in [5.74, 6) is 0.270. The van der Waals surface area contributed by atoms with Crippen LogP contribution >= 0.6 is 27.3 Å². The highest BCUT2D eigenvalue weighted by molar-refractivity contribution is 9.10. The van der Waals surface area contributed by atoms with Gasteiger partial charge in [-0.2, -0.15) is 0 Å². The van der Waals surface area contributed by atoms with Crippen molar-refractivity contribution in [3.8, 4) is 5.75 Å². The minimum atomic E-state index is -0.334. The fraction of sp³-hybridized carbons (Fsp3) is 0.167. The fourth-order valence-electron chi connectivity index (χ4n) is 2.23. The molecule has 0 radical (unpaired) electrons. The van der Waals surface area contributed by atoms with Gasteiger partial charge >= 0.3 is 5.97 Å². The lowest BCUT2D eigenvalue weighted by atomic mass is 10.2. The van der Waals surface area contributed by atoms with Crippen molar-refractivity contribution in [3.05, 3.63) is 63.4 Å². The molecule has 0 aliphatic heterocycles. The molecule has 23 heavy (non-hydrogen) atoms. The Morgan fingerprint density at radius 1 is 1.13 bits per heavy atom. The second-order valence-electron chi connectivity index (χ2n) is 4.89. The molecule has 5 heteroatoms. The number of halogens is 1. The summed E-state index contributed by atoms with van der Waals surface area (Å²) in [4.78, 5) is 12.7. The Labute approximate surface area is 147 Å². The van der Waals surface area contributed by atoms with E-state index >= 15 is 0 Å². The van der Waals surface area contributed by atoms with Crippen LogP contribution in [0.3, 0.4) is 0 Å². The molecular formula is C18H15BrO3S. The third-order valence-electron chi connectivity index (χ3n) is 3.31. The molecule has 0 atom stereocenters.